The van der Waals surface area contributed by atoms with E-state index in [1.54, 1.807) is 0 Å². The maximum absolute atomic E-state index is 9.36. The van der Waals surface area contributed by atoms with Crippen molar-refractivity contribution in [3.8, 4) is 0 Å². The second-order valence-corrected chi connectivity index (χ2v) is 8.00. The SMILES string of the molecule is CCCCCCCC/C=C/CCCCCCC1N=CC[N+]1(CC)CCO. The Balaban J connectivity index is 1.96. The monoisotopic (exact) mass is 365 g/mol. The van der Waals surface area contributed by atoms with E-state index in [9.17, 15) is 5.11 Å². The predicted molar refractivity (Wildman–Crippen MR) is 115 cm³/mol. The molecule has 1 heterocycles. The topological polar surface area (TPSA) is 32.6 Å². The first-order valence-electron chi connectivity index (χ1n) is 11.4. The fourth-order valence-electron chi connectivity index (χ4n) is 4.10. The van der Waals surface area contributed by atoms with Gasteiger partial charge in [0.25, 0.3) is 0 Å². The molecule has 152 valence electrons. The van der Waals surface area contributed by atoms with E-state index in [1.807, 2.05) is 0 Å². The van der Waals surface area contributed by atoms with Gasteiger partial charge in [-0.25, -0.2) is 4.99 Å². The van der Waals surface area contributed by atoms with Crippen molar-refractivity contribution in [1.82, 2.24) is 0 Å². The number of hydrogen-bond acceptors (Lipinski definition) is 2. The molecule has 2 atom stereocenters. The number of unbranched alkanes of at least 4 members (excludes halogenated alkanes) is 10. The summed E-state index contributed by atoms with van der Waals surface area (Å²) in [6.45, 7) is 7.72. The second kappa shape index (κ2) is 15.4. The quantitative estimate of drug-likeness (QED) is 0.195. The van der Waals surface area contributed by atoms with E-state index in [-0.39, 0.29) is 6.61 Å². The zero-order valence-corrected chi connectivity index (χ0v) is 17.7. The summed E-state index contributed by atoms with van der Waals surface area (Å²) < 4.78 is 0.970. The van der Waals surface area contributed by atoms with Gasteiger partial charge in [0, 0.05) is 6.42 Å². The molecule has 3 heteroatoms. The first kappa shape index (κ1) is 23.4. The molecule has 0 aliphatic carbocycles. The molecule has 1 aliphatic heterocycles. The largest absolute Gasteiger partial charge is 0.391 e. The molecule has 0 saturated carbocycles. The van der Waals surface area contributed by atoms with Crippen LogP contribution in [-0.2, 0) is 0 Å². The first-order valence-corrected chi connectivity index (χ1v) is 11.4. The fraction of sp³-hybridized carbons (Fsp3) is 0.870. The molecule has 0 radical (unpaired) electrons. The van der Waals surface area contributed by atoms with Gasteiger partial charge in [-0.1, -0.05) is 64.0 Å². The maximum atomic E-state index is 9.36. The van der Waals surface area contributed by atoms with Gasteiger partial charge in [0.2, 0.25) is 0 Å². The zero-order valence-electron chi connectivity index (χ0n) is 17.7. The van der Waals surface area contributed by atoms with Crippen LogP contribution >= 0.6 is 0 Å². The minimum absolute atomic E-state index is 0.277. The van der Waals surface area contributed by atoms with Gasteiger partial charge >= 0.3 is 0 Å². The number of likely N-dealkylation sites (N-methyl/N-ethyl adjacent to an activating group) is 1. The van der Waals surface area contributed by atoms with Crippen LogP contribution in [0.5, 0.6) is 0 Å². The highest BCUT2D eigenvalue weighted by molar-refractivity contribution is 5.60. The van der Waals surface area contributed by atoms with Crippen LogP contribution in [0.3, 0.4) is 0 Å². The van der Waals surface area contributed by atoms with Crippen LogP contribution < -0.4 is 0 Å². The van der Waals surface area contributed by atoms with Crippen LogP contribution in [0.25, 0.3) is 0 Å². The van der Waals surface area contributed by atoms with Crippen LogP contribution in [0.15, 0.2) is 17.1 Å². The van der Waals surface area contributed by atoms with Crippen LogP contribution in [0, 0.1) is 0 Å². The average Bonchev–Trinajstić information content (AvgIpc) is 3.05. The summed E-state index contributed by atoms with van der Waals surface area (Å²) in [6, 6.07) is 0. The molecule has 2 unspecified atom stereocenters. The molecule has 0 aromatic carbocycles. The Hall–Kier alpha value is -0.670. The van der Waals surface area contributed by atoms with Crippen LogP contribution in [0.1, 0.15) is 97.3 Å². The van der Waals surface area contributed by atoms with Crippen molar-refractivity contribution in [3.05, 3.63) is 12.2 Å². The summed E-state index contributed by atoms with van der Waals surface area (Å²) in [7, 11) is 0. The Morgan fingerprint density at radius 3 is 2.15 bits per heavy atom. The van der Waals surface area contributed by atoms with Crippen molar-refractivity contribution in [2.75, 3.05) is 26.2 Å². The maximum Gasteiger partial charge on any atom is 0.182 e. The third kappa shape index (κ3) is 9.32. The van der Waals surface area contributed by atoms with Gasteiger partial charge in [-0.2, -0.15) is 0 Å². The van der Waals surface area contributed by atoms with Crippen molar-refractivity contribution in [2.24, 2.45) is 4.99 Å². The number of quaternary nitrogens is 1. The first-order chi connectivity index (χ1) is 12.8. The van der Waals surface area contributed by atoms with E-state index in [0.29, 0.717) is 6.17 Å². The third-order valence-corrected chi connectivity index (χ3v) is 6.00. The normalized spacial score (nSPS) is 22.7. The van der Waals surface area contributed by atoms with Crippen LogP contribution in [-0.4, -0.2) is 48.2 Å². The number of aliphatic imine (C=N–C) groups is 1. The molecule has 1 rings (SSSR count). The van der Waals surface area contributed by atoms with Crippen molar-refractivity contribution in [3.63, 3.8) is 0 Å². The van der Waals surface area contributed by atoms with Crippen molar-refractivity contribution < 1.29 is 9.59 Å². The summed E-state index contributed by atoms with van der Waals surface area (Å²) in [6.07, 6.45) is 24.6. The summed E-state index contributed by atoms with van der Waals surface area (Å²) in [5, 5.41) is 9.36. The lowest BCUT2D eigenvalue weighted by atomic mass is 10.1. The molecule has 0 bridgehead atoms. The Labute approximate surface area is 163 Å². The standard InChI is InChI=1S/C23H45N2O/c1-3-5-6-7-8-9-10-11-12-13-14-15-16-17-18-23-24-19-20-25(23,4-2)21-22-26/h11-12,19,23,26H,3-10,13-18,20-22H2,1-2H3/q+1/b12-11+. The summed E-state index contributed by atoms with van der Waals surface area (Å²) >= 11 is 0. The van der Waals surface area contributed by atoms with Gasteiger partial charge in [0.1, 0.15) is 13.1 Å². The van der Waals surface area contributed by atoms with Gasteiger partial charge in [0.15, 0.2) is 6.17 Å². The van der Waals surface area contributed by atoms with E-state index < -0.39 is 0 Å². The third-order valence-electron chi connectivity index (χ3n) is 6.00. The molecular formula is C23H45N2O+. The van der Waals surface area contributed by atoms with E-state index in [0.717, 1.165) is 24.1 Å². The van der Waals surface area contributed by atoms with E-state index in [1.165, 1.54) is 83.5 Å². The van der Waals surface area contributed by atoms with E-state index >= 15 is 0 Å². The van der Waals surface area contributed by atoms with E-state index in [2.05, 4.69) is 32.2 Å². The summed E-state index contributed by atoms with van der Waals surface area (Å²) in [4.78, 5) is 4.70. The molecule has 0 amide bonds. The molecule has 26 heavy (non-hydrogen) atoms. The molecule has 1 aliphatic rings. The summed E-state index contributed by atoms with van der Waals surface area (Å²) in [5.41, 5.74) is 0. The lowest BCUT2D eigenvalue weighted by Crippen LogP contribution is -2.53. The average molecular weight is 366 g/mol. The molecule has 0 fully saturated rings. The van der Waals surface area contributed by atoms with Gasteiger partial charge in [-0.15, -0.1) is 0 Å². The highest BCUT2D eigenvalue weighted by atomic mass is 16.3. The Kier molecular flexibility index (Phi) is 13.8. The number of aliphatic hydroxyl groups excluding tert-OH is 1. The molecule has 1 N–H and O–H groups in total. The summed E-state index contributed by atoms with van der Waals surface area (Å²) in [5.74, 6) is 0. The van der Waals surface area contributed by atoms with Gasteiger partial charge < -0.3 is 5.11 Å². The number of hydrogen-bond donors (Lipinski definition) is 1. The molecular weight excluding hydrogens is 320 g/mol. The molecule has 0 spiro atoms. The zero-order chi connectivity index (χ0) is 18.9. The van der Waals surface area contributed by atoms with Gasteiger partial charge in [0.05, 0.1) is 19.4 Å². The smallest absolute Gasteiger partial charge is 0.182 e. The lowest BCUT2D eigenvalue weighted by Gasteiger charge is -2.37. The number of aliphatic hydroxyl groups is 1. The lowest BCUT2D eigenvalue weighted by molar-refractivity contribution is -0.936. The Morgan fingerprint density at radius 2 is 1.54 bits per heavy atom. The van der Waals surface area contributed by atoms with Crippen molar-refractivity contribution in [1.29, 1.82) is 0 Å². The Bertz CT molecular complexity index is 380. The predicted octanol–water partition coefficient (Wildman–Crippen LogP) is 5.87. The van der Waals surface area contributed by atoms with Crippen molar-refractivity contribution >= 4 is 6.21 Å². The number of rotatable bonds is 17. The highest BCUT2D eigenvalue weighted by Crippen LogP contribution is 2.24. The van der Waals surface area contributed by atoms with Crippen molar-refractivity contribution in [2.45, 2.75) is 103 Å². The molecule has 0 aromatic heterocycles. The van der Waals surface area contributed by atoms with Gasteiger partial charge in [-0.05, 0) is 39.0 Å². The molecule has 0 saturated heterocycles. The van der Waals surface area contributed by atoms with E-state index in [4.69, 9.17) is 4.99 Å². The Morgan fingerprint density at radius 1 is 0.923 bits per heavy atom. The fourth-order valence-corrected chi connectivity index (χ4v) is 4.10. The minimum Gasteiger partial charge on any atom is -0.391 e. The molecule has 3 nitrogen and oxygen atoms in total. The number of nitrogens with zero attached hydrogens (tertiary/aromatic N) is 2. The molecule has 0 aromatic rings. The van der Waals surface area contributed by atoms with Crippen LogP contribution in [0.4, 0.5) is 0 Å². The second-order valence-electron chi connectivity index (χ2n) is 8.00. The van der Waals surface area contributed by atoms with Crippen LogP contribution in [0.2, 0.25) is 0 Å². The minimum atomic E-state index is 0.277. The highest BCUT2D eigenvalue weighted by Gasteiger charge is 2.36. The number of allylic oxidation sites excluding steroid dienone is 2. The van der Waals surface area contributed by atoms with Gasteiger partial charge in [-0.3, -0.25) is 4.48 Å².